The molecule has 0 atom stereocenters. The molecule has 1 saturated heterocycles. The number of methoxy groups -OCH3 is 1. The fraction of sp³-hybridized carbons (Fsp3) is 0.500. The van der Waals surface area contributed by atoms with E-state index >= 15 is 0 Å². The van der Waals surface area contributed by atoms with Gasteiger partial charge >= 0.3 is 0 Å². The minimum absolute atomic E-state index is 0.00430. The van der Waals surface area contributed by atoms with Crippen molar-refractivity contribution in [2.24, 2.45) is 0 Å². The van der Waals surface area contributed by atoms with Crippen molar-refractivity contribution in [3.63, 3.8) is 0 Å². The first-order valence-electron chi connectivity index (χ1n) is 6.35. The molecule has 1 amide bonds. The third-order valence-corrected chi connectivity index (χ3v) is 3.51. The van der Waals surface area contributed by atoms with Crippen LogP contribution in [0.3, 0.4) is 0 Å². The first-order valence-corrected chi connectivity index (χ1v) is 6.35. The van der Waals surface area contributed by atoms with E-state index in [1.165, 1.54) is 0 Å². The summed E-state index contributed by atoms with van der Waals surface area (Å²) < 4.78 is 5.48. The molecule has 18 heavy (non-hydrogen) atoms. The molecule has 98 valence electrons. The summed E-state index contributed by atoms with van der Waals surface area (Å²) in [6.45, 7) is 2.21. The van der Waals surface area contributed by atoms with Gasteiger partial charge in [-0.2, -0.15) is 0 Å². The summed E-state index contributed by atoms with van der Waals surface area (Å²) in [6, 6.07) is 9.91. The van der Waals surface area contributed by atoms with Crippen LogP contribution < -0.4 is 10.6 Å². The average Bonchev–Trinajstić information content (AvgIpc) is 2.46. The van der Waals surface area contributed by atoms with Gasteiger partial charge in [-0.05, 0) is 31.5 Å². The number of ether oxygens (including phenoxy) is 1. The third-order valence-electron chi connectivity index (χ3n) is 3.51. The molecule has 0 saturated carbocycles. The molecular formula is C14H20N2O2. The number of hydrogen-bond donors (Lipinski definition) is 2. The van der Waals surface area contributed by atoms with E-state index in [2.05, 4.69) is 10.6 Å². The maximum Gasteiger partial charge on any atom is 0.252 e. The van der Waals surface area contributed by atoms with E-state index < -0.39 is 5.60 Å². The van der Waals surface area contributed by atoms with Crippen LogP contribution in [-0.2, 0) is 16.1 Å². The highest BCUT2D eigenvalue weighted by molar-refractivity contribution is 5.85. The van der Waals surface area contributed by atoms with Crippen LogP contribution in [0.4, 0.5) is 0 Å². The second-order valence-corrected chi connectivity index (χ2v) is 4.62. The fourth-order valence-corrected chi connectivity index (χ4v) is 2.29. The maximum absolute atomic E-state index is 12.3. The predicted octanol–water partition coefficient (Wildman–Crippen LogP) is 1.07. The van der Waals surface area contributed by atoms with Crippen molar-refractivity contribution in [3.05, 3.63) is 35.9 Å². The van der Waals surface area contributed by atoms with Crippen molar-refractivity contribution in [1.29, 1.82) is 0 Å². The van der Waals surface area contributed by atoms with Crippen LogP contribution in [0.5, 0.6) is 0 Å². The van der Waals surface area contributed by atoms with E-state index in [-0.39, 0.29) is 5.91 Å². The molecular weight excluding hydrogens is 228 g/mol. The number of benzene rings is 1. The fourth-order valence-electron chi connectivity index (χ4n) is 2.29. The molecule has 2 rings (SSSR count). The van der Waals surface area contributed by atoms with Crippen LogP contribution in [0.1, 0.15) is 18.4 Å². The van der Waals surface area contributed by atoms with Crippen LogP contribution in [-0.4, -0.2) is 31.7 Å². The second-order valence-electron chi connectivity index (χ2n) is 4.62. The highest BCUT2D eigenvalue weighted by atomic mass is 16.5. The van der Waals surface area contributed by atoms with Crippen LogP contribution in [0.25, 0.3) is 0 Å². The highest BCUT2D eigenvalue weighted by Gasteiger charge is 2.39. The minimum atomic E-state index is -0.653. The van der Waals surface area contributed by atoms with Gasteiger partial charge in [0.05, 0.1) is 0 Å². The Morgan fingerprint density at radius 1 is 1.33 bits per heavy atom. The topological polar surface area (TPSA) is 50.4 Å². The molecule has 1 heterocycles. The SMILES string of the molecule is COC1(C(=O)NCc2ccccc2)CCNCC1. The first kappa shape index (κ1) is 13.1. The Bertz CT molecular complexity index is 386. The Balaban J connectivity index is 1.94. The lowest BCUT2D eigenvalue weighted by Gasteiger charge is -2.34. The smallest absolute Gasteiger partial charge is 0.252 e. The van der Waals surface area contributed by atoms with E-state index in [4.69, 9.17) is 4.74 Å². The Labute approximate surface area is 108 Å². The molecule has 0 bridgehead atoms. The molecule has 1 aromatic carbocycles. The molecule has 1 aliphatic rings. The summed E-state index contributed by atoms with van der Waals surface area (Å²) in [6.07, 6.45) is 1.45. The Morgan fingerprint density at radius 3 is 2.61 bits per heavy atom. The summed E-state index contributed by atoms with van der Waals surface area (Å²) >= 11 is 0. The first-order chi connectivity index (χ1) is 8.77. The standard InChI is InChI=1S/C14H20N2O2/c1-18-14(7-9-15-10-8-14)13(17)16-11-12-5-3-2-4-6-12/h2-6,15H,7-11H2,1H3,(H,16,17). The van der Waals surface area contributed by atoms with Crippen molar-refractivity contribution < 1.29 is 9.53 Å². The summed E-state index contributed by atoms with van der Waals surface area (Å²) in [5, 5.41) is 6.21. The number of carbonyl (C=O) groups is 1. The number of rotatable bonds is 4. The molecule has 1 aliphatic heterocycles. The molecule has 4 nitrogen and oxygen atoms in total. The number of hydrogen-bond acceptors (Lipinski definition) is 3. The van der Waals surface area contributed by atoms with Crippen molar-refractivity contribution in [2.75, 3.05) is 20.2 Å². The largest absolute Gasteiger partial charge is 0.368 e. The molecule has 0 radical (unpaired) electrons. The van der Waals surface area contributed by atoms with Gasteiger partial charge in [0, 0.05) is 13.7 Å². The Kier molecular flexibility index (Phi) is 4.33. The molecule has 1 aromatic rings. The van der Waals surface area contributed by atoms with Gasteiger partial charge < -0.3 is 15.4 Å². The predicted molar refractivity (Wildman–Crippen MR) is 70.1 cm³/mol. The van der Waals surface area contributed by atoms with Crippen LogP contribution in [0.2, 0.25) is 0 Å². The van der Waals surface area contributed by atoms with Crippen LogP contribution in [0.15, 0.2) is 30.3 Å². The van der Waals surface area contributed by atoms with Gasteiger partial charge in [-0.15, -0.1) is 0 Å². The molecule has 1 fully saturated rings. The van der Waals surface area contributed by atoms with E-state index in [9.17, 15) is 4.79 Å². The van der Waals surface area contributed by atoms with Gasteiger partial charge in [-0.3, -0.25) is 4.79 Å². The van der Waals surface area contributed by atoms with E-state index in [0.717, 1.165) is 31.5 Å². The molecule has 0 spiro atoms. The number of piperidine rings is 1. The lowest BCUT2D eigenvalue weighted by Crippen LogP contribution is -2.53. The summed E-state index contributed by atoms with van der Waals surface area (Å²) in [7, 11) is 1.62. The Morgan fingerprint density at radius 2 is 2.00 bits per heavy atom. The molecule has 2 N–H and O–H groups in total. The van der Waals surface area contributed by atoms with Gasteiger partial charge in [0.15, 0.2) is 0 Å². The van der Waals surface area contributed by atoms with Crippen LogP contribution in [0, 0.1) is 0 Å². The van der Waals surface area contributed by atoms with Gasteiger partial charge in [0.2, 0.25) is 0 Å². The lowest BCUT2D eigenvalue weighted by molar-refractivity contribution is -0.146. The van der Waals surface area contributed by atoms with E-state index in [1.807, 2.05) is 30.3 Å². The molecule has 4 heteroatoms. The van der Waals surface area contributed by atoms with Gasteiger partial charge in [-0.25, -0.2) is 0 Å². The molecule has 0 aromatic heterocycles. The van der Waals surface area contributed by atoms with Crippen molar-refractivity contribution in [2.45, 2.75) is 25.0 Å². The third kappa shape index (κ3) is 2.89. The van der Waals surface area contributed by atoms with Gasteiger partial charge in [0.1, 0.15) is 5.60 Å². The number of amides is 1. The number of carbonyl (C=O) groups excluding carboxylic acids is 1. The summed E-state index contributed by atoms with van der Waals surface area (Å²) in [5.74, 6) is -0.00430. The second kappa shape index (κ2) is 5.98. The average molecular weight is 248 g/mol. The maximum atomic E-state index is 12.3. The van der Waals surface area contributed by atoms with E-state index in [0.29, 0.717) is 6.54 Å². The Hall–Kier alpha value is -1.39. The monoisotopic (exact) mass is 248 g/mol. The van der Waals surface area contributed by atoms with Crippen molar-refractivity contribution in [3.8, 4) is 0 Å². The zero-order valence-corrected chi connectivity index (χ0v) is 10.7. The zero-order valence-electron chi connectivity index (χ0n) is 10.7. The quantitative estimate of drug-likeness (QED) is 0.838. The van der Waals surface area contributed by atoms with Gasteiger partial charge in [0.25, 0.3) is 5.91 Å². The number of nitrogens with one attached hydrogen (secondary N) is 2. The van der Waals surface area contributed by atoms with Crippen molar-refractivity contribution in [1.82, 2.24) is 10.6 Å². The normalized spacial score (nSPS) is 18.3. The highest BCUT2D eigenvalue weighted by Crippen LogP contribution is 2.22. The van der Waals surface area contributed by atoms with E-state index in [1.54, 1.807) is 7.11 Å². The summed E-state index contributed by atoms with van der Waals surface area (Å²) in [4.78, 5) is 12.3. The molecule has 0 aliphatic carbocycles. The van der Waals surface area contributed by atoms with Crippen LogP contribution >= 0.6 is 0 Å². The van der Waals surface area contributed by atoms with Crippen molar-refractivity contribution >= 4 is 5.91 Å². The summed E-state index contributed by atoms with van der Waals surface area (Å²) in [5.41, 5.74) is 0.450. The van der Waals surface area contributed by atoms with Gasteiger partial charge in [-0.1, -0.05) is 30.3 Å². The molecule has 0 unspecified atom stereocenters. The lowest BCUT2D eigenvalue weighted by atomic mass is 9.91. The zero-order chi connectivity index (χ0) is 12.8. The minimum Gasteiger partial charge on any atom is -0.368 e.